The predicted molar refractivity (Wildman–Crippen MR) is 78.5 cm³/mol. The quantitative estimate of drug-likeness (QED) is 0.611. The number of hydrogen-bond acceptors (Lipinski definition) is 5. The summed E-state index contributed by atoms with van der Waals surface area (Å²) in [5, 5.41) is 11.8. The Balaban J connectivity index is 1.66. The lowest BCUT2D eigenvalue weighted by atomic mass is 10.4. The highest BCUT2D eigenvalue weighted by Gasteiger charge is 2.20. The molecule has 1 aromatic rings. The monoisotopic (exact) mass is 281 g/mol. The SMILES string of the molecule is CCOCCN(CC)CCn1cc(CNC2CC2)nn1. The van der Waals surface area contributed by atoms with Crippen molar-refractivity contribution in [3.8, 4) is 0 Å². The van der Waals surface area contributed by atoms with Crippen molar-refractivity contribution in [1.82, 2.24) is 25.2 Å². The molecule has 1 N–H and O–H groups in total. The van der Waals surface area contributed by atoms with Gasteiger partial charge in [-0.15, -0.1) is 5.10 Å². The molecule has 1 aliphatic carbocycles. The van der Waals surface area contributed by atoms with Crippen LogP contribution in [0.1, 0.15) is 32.4 Å². The van der Waals surface area contributed by atoms with Crippen molar-refractivity contribution in [1.29, 1.82) is 0 Å². The maximum atomic E-state index is 5.40. The molecule has 2 rings (SSSR count). The number of rotatable bonds is 11. The molecule has 0 spiro atoms. The van der Waals surface area contributed by atoms with Gasteiger partial charge in [0.25, 0.3) is 0 Å². The summed E-state index contributed by atoms with van der Waals surface area (Å²) in [5.74, 6) is 0. The third-order valence-electron chi connectivity index (χ3n) is 3.58. The van der Waals surface area contributed by atoms with Gasteiger partial charge in [-0.05, 0) is 26.3 Å². The van der Waals surface area contributed by atoms with Crippen LogP contribution in [0.3, 0.4) is 0 Å². The molecular formula is C14H27N5O. The van der Waals surface area contributed by atoms with Crippen LogP contribution < -0.4 is 5.32 Å². The number of likely N-dealkylation sites (N-methyl/N-ethyl adjacent to an activating group) is 1. The number of aromatic nitrogens is 3. The highest BCUT2D eigenvalue weighted by molar-refractivity contribution is 4.94. The molecule has 0 amide bonds. The normalized spacial score (nSPS) is 15.2. The second-order valence-corrected chi connectivity index (χ2v) is 5.26. The van der Waals surface area contributed by atoms with E-state index in [9.17, 15) is 0 Å². The van der Waals surface area contributed by atoms with Crippen LogP contribution in [0.25, 0.3) is 0 Å². The fraction of sp³-hybridized carbons (Fsp3) is 0.857. The Morgan fingerprint density at radius 2 is 2.25 bits per heavy atom. The second kappa shape index (κ2) is 8.34. The smallest absolute Gasteiger partial charge is 0.0964 e. The van der Waals surface area contributed by atoms with E-state index >= 15 is 0 Å². The minimum Gasteiger partial charge on any atom is -0.380 e. The van der Waals surface area contributed by atoms with Crippen LogP contribution >= 0.6 is 0 Å². The summed E-state index contributed by atoms with van der Waals surface area (Å²) in [5.41, 5.74) is 1.04. The van der Waals surface area contributed by atoms with Crippen LogP contribution in [-0.4, -0.2) is 58.8 Å². The van der Waals surface area contributed by atoms with Gasteiger partial charge >= 0.3 is 0 Å². The van der Waals surface area contributed by atoms with Crippen molar-refractivity contribution in [3.05, 3.63) is 11.9 Å². The summed E-state index contributed by atoms with van der Waals surface area (Å²) in [6.07, 6.45) is 4.66. The van der Waals surface area contributed by atoms with Gasteiger partial charge in [0.15, 0.2) is 0 Å². The predicted octanol–water partition coefficient (Wildman–Crippen LogP) is 0.889. The highest BCUT2D eigenvalue weighted by Crippen LogP contribution is 2.18. The van der Waals surface area contributed by atoms with Crippen molar-refractivity contribution < 1.29 is 4.74 Å². The summed E-state index contributed by atoms with van der Waals surface area (Å²) in [6, 6.07) is 0.717. The molecule has 0 saturated heterocycles. The van der Waals surface area contributed by atoms with E-state index in [1.54, 1.807) is 0 Å². The molecule has 6 heteroatoms. The Bertz CT molecular complexity index is 377. The summed E-state index contributed by atoms with van der Waals surface area (Å²) >= 11 is 0. The van der Waals surface area contributed by atoms with Gasteiger partial charge in [-0.2, -0.15) is 0 Å². The van der Waals surface area contributed by atoms with Gasteiger partial charge in [0.1, 0.15) is 0 Å². The van der Waals surface area contributed by atoms with E-state index in [2.05, 4.69) is 27.5 Å². The number of nitrogens with zero attached hydrogens (tertiary/aromatic N) is 4. The van der Waals surface area contributed by atoms with Gasteiger partial charge in [0.2, 0.25) is 0 Å². The standard InChI is InChI=1S/C14H27N5O/c1-3-18(9-10-20-4-2)7-8-19-12-14(16-17-19)11-15-13-5-6-13/h12-13,15H,3-11H2,1-2H3. The minimum absolute atomic E-state index is 0.717. The van der Waals surface area contributed by atoms with Crippen LogP contribution in [-0.2, 0) is 17.8 Å². The van der Waals surface area contributed by atoms with Crippen LogP contribution in [0, 0.1) is 0 Å². The number of hydrogen-bond donors (Lipinski definition) is 1. The molecule has 6 nitrogen and oxygen atoms in total. The first-order valence-electron chi connectivity index (χ1n) is 7.74. The zero-order valence-electron chi connectivity index (χ0n) is 12.7. The first-order chi connectivity index (χ1) is 9.81. The van der Waals surface area contributed by atoms with Gasteiger partial charge in [-0.25, -0.2) is 0 Å². The van der Waals surface area contributed by atoms with E-state index < -0.39 is 0 Å². The van der Waals surface area contributed by atoms with E-state index in [-0.39, 0.29) is 0 Å². The van der Waals surface area contributed by atoms with E-state index in [4.69, 9.17) is 4.74 Å². The van der Waals surface area contributed by atoms with Gasteiger partial charge in [0, 0.05) is 38.5 Å². The lowest BCUT2D eigenvalue weighted by molar-refractivity contribution is 0.113. The molecule has 0 unspecified atom stereocenters. The van der Waals surface area contributed by atoms with Crippen molar-refractivity contribution in [2.45, 2.75) is 45.8 Å². The van der Waals surface area contributed by atoms with Gasteiger partial charge < -0.3 is 10.1 Å². The lowest BCUT2D eigenvalue weighted by Crippen LogP contribution is -2.31. The summed E-state index contributed by atoms with van der Waals surface area (Å²) in [6.45, 7) is 10.5. The topological polar surface area (TPSA) is 55.2 Å². The van der Waals surface area contributed by atoms with E-state index in [0.717, 1.165) is 51.6 Å². The molecule has 0 atom stereocenters. The fourth-order valence-corrected chi connectivity index (χ4v) is 2.08. The third kappa shape index (κ3) is 5.56. The van der Waals surface area contributed by atoms with Crippen molar-refractivity contribution in [3.63, 3.8) is 0 Å². The lowest BCUT2D eigenvalue weighted by Gasteiger charge is -2.19. The zero-order valence-corrected chi connectivity index (χ0v) is 12.7. The van der Waals surface area contributed by atoms with Crippen molar-refractivity contribution in [2.75, 3.05) is 32.8 Å². The molecule has 0 radical (unpaired) electrons. The van der Waals surface area contributed by atoms with Gasteiger partial charge in [-0.1, -0.05) is 12.1 Å². The first-order valence-corrected chi connectivity index (χ1v) is 7.74. The maximum absolute atomic E-state index is 5.40. The Morgan fingerprint density at radius 1 is 1.40 bits per heavy atom. The molecule has 0 aromatic carbocycles. The first kappa shape index (κ1) is 15.4. The molecule has 114 valence electrons. The van der Waals surface area contributed by atoms with Crippen LogP contribution in [0.15, 0.2) is 6.20 Å². The summed E-state index contributed by atoms with van der Waals surface area (Å²) < 4.78 is 7.34. The van der Waals surface area contributed by atoms with Crippen LogP contribution in [0.2, 0.25) is 0 Å². The van der Waals surface area contributed by atoms with E-state index in [1.165, 1.54) is 12.8 Å². The zero-order chi connectivity index (χ0) is 14.2. The molecule has 1 aliphatic rings. The number of nitrogens with one attached hydrogen (secondary N) is 1. The molecule has 0 bridgehead atoms. The molecule has 1 aromatic heterocycles. The Morgan fingerprint density at radius 3 is 2.95 bits per heavy atom. The summed E-state index contributed by atoms with van der Waals surface area (Å²) in [4.78, 5) is 2.37. The highest BCUT2D eigenvalue weighted by atomic mass is 16.5. The Kier molecular flexibility index (Phi) is 6.42. The molecule has 1 fully saturated rings. The Hall–Kier alpha value is -0.980. The van der Waals surface area contributed by atoms with Crippen molar-refractivity contribution in [2.24, 2.45) is 0 Å². The Labute approximate surface area is 121 Å². The average Bonchev–Trinajstić information content (AvgIpc) is 3.19. The second-order valence-electron chi connectivity index (χ2n) is 5.26. The van der Waals surface area contributed by atoms with Crippen molar-refractivity contribution >= 4 is 0 Å². The molecular weight excluding hydrogens is 254 g/mol. The molecule has 0 aliphatic heterocycles. The summed E-state index contributed by atoms with van der Waals surface area (Å²) in [7, 11) is 0. The maximum Gasteiger partial charge on any atom is 0.0964 e. The van der Waals surface area contributed by atoms with Gasteiger partial charge in [0.05, 0.1) is 18.8 Å². The molecule has 1 heterocycles. The average molecular weight is 281 g/mol. The van der Waals surface area contributed by atoms with E-state index in [1.807, 2.05) is 17.8 Å². The minimum atomic E-state index is 0.717. The number of ether oxygens (including phenoxy) is 1. The van der Waals surface area contributed by atoms with Gasteiger partial charge in [-0.3, -0.25) is 9.58 Å². The molecule has 1 saturated carbocycles. The fourth-order valence-electron chi connectivity index (χ4n) is 2.08. The van der Waals surface area contributed by atoms with Crippen LogP contribution in [0.4, 0.5) is 0 Å². The third-order valence-corrected chi connectivity index (χ3v) is 3.58. The van der Waals surface area contributed by atoms with E-state index in [0.29, 0.717) is 6.04 Å². The molecule has 20 heavy (non-hydrogen) atoms. The van der Waals surface area contributed by atoms with Crippen LogP contribution in [0.5, 0.6) is 0 Å². The largest absolute Gasteiger partial charge is 0.380 e.